The van der Waals surface area contributed by atoms with Gasteiger partial charge >= 0.3 is 0 Å². The number of hydrogen-bond acceptors (Lipinski definition) is 1. The third-order valence-electron chi connectivity index (χ3n) is 5.20. The molecular weight excluding hydrogens is 383 g/mol. The lowest BCUT2D eigenvalue weighted by Crippen LogP contribution is -2.32. The van der Waals surface area contributed by atoms with Crippen molar-refractivity contribution in [2.45, 2.75) is 6.92 Å². The van der Waals surface area contributed by atoms with Crippen LogP contribution in [0.3, 0.4) is 0 Å². The predicted molar refractivity (Wildman–Crippen MR) is 130 cm³/mol. The van der Waals surface area contributed by atoms with Crippen molar-refractivity contribution in [1.29, 1.82) is 0 Å². The van der Waals surface area contributed by atoms with Crippen molar-refractivity contribution in [1.82, 2.24) is 0 Å². The Kier molecular flexibility index (Phi) is 6.02. The van der Waals surface area contributed by atoms with Crippen LogP contribution in [0.2, 0.25) is 0 Å². The molecule has 146 valence electrons. The lowest BCUT2D eigenvalue weighted by atomic mass is 10.2. The van der Waals surface area contributed by atoms with E-state index in [1.165, 1.54) is 15.9 Å². The summed E-state index contributed by atoms with van der Waals surface area (Å²) in [4.78, 5) is 12.5. The number of carbonyl (C=O) groups is 1. The molecule has 0 radical (unpaired) electrons. The Morgan fingerprint density at radius 3 is 1.23 bits per heavy atom. The largest absolute Gasteiger partial charge is 0.295 e. The summed E-state index contributed by atoms with van der Waals surface area (Å²) in [6.45, 7) is 1.64. The SMILES string of the molecule is CC(=O)/C=C(/c1ccccc1)[P+](c1ccccc1)(c1ccccc1)c1ccccc1. The highest BCUT2D eigenvalue weighted by atomic mass is 31.2. The zero-order chi connectivity index (χ0) is 20.8. The fraction of sp³-hybridized carbons (Fsp3) is 0.0357. The molecule has 0 atom stereocenters. The van der Waals surface area contributed by atoms with Crippen LogP contribution in [-0.2, 0) is 4.79 Å². The van der Waals surface area contributed by atoms with E-state index < -0.39 is 7.26 Å². The average molecular weight is 407 g/mol. The van der Waals surface area contributed by atoms with Crippen molar-refractivity contribution in [3.63, 3.8) is 0 Å². The van der Waals surface area contributed by atoms with E-state index >= 15 is 0 Å². The molecule has 1 nitrogen and oxygen atoms in total. The normalized spacial score (nSPS) is 11.8. The molecule has 4 aromatic carbocycles. The summed E-state index contributed by atoms with van der Waals surface area (Å²) in [6.07, 6.45) is 1.84. The lowest BCUT2D eigenvalue weighted by molar-refractivity contribution is -0.112. The molecule has 0 saturated carbocycles. The molecule has 0 fully saturated rings. The minimum Gasteiger partial charge on any atom is -0.295 e. The molecule has 0 heterocycles. The van der Waals surface area contributed by atoms with Gasteiger partial charge in [0.2, 0.25) is 0 Å². The molecule has 4 aromatic rings. The highest BCUT2D eigenvalue weighted by molar-refractivity contribution is 8.03. The van der Waals surface area contributed by atoms with E-state index in [-0.39, 0.29) is 5.78 Å². The zero-order valence-electron chi connectivity index (χ0n) is 17.0. The smallest absolute Gasteiger partial charge is 0.156 e. The number of ketones is 1. The second-order valence-electron chi connectivity index (χ2n) is 7.18. The van der Waals surface area contributed by atoms with Gasteiger partial charge in [0.1, 0.15) is 28.5 Å². The fourth-order valence-corrected chi connectivity index (χ4v) is 8.49. The van der Waals surface area contributed by atoms with Crippen LogP contribution in [0.25, 0.3) is 5.31 Å². The standard InChI is InChI=1S/C28H24OP/c1-23(29)22-28(24-14-6-2-7-15-24)30(25-16-8-3-9-17-25,26-18-10-4-11-19-26)27-20-12-5-13-21-27/h2-22H,1H3/q+1/b28-22-. The maximum atomic E-state index is 12.5. The minimum absolute atomic E-state index is 0.0565. The number of allylic oxidation sites excluding steroid dienone is 1. The van der Waals surface area contributed by atoms with Gasteiger partial charge in [-0.05, 0) is 43.3 Å². The first-order valence-electron chi connectivity index (χ1n) is 10.1. The Hall–Kier alpha value is -3.28. The van der Waals surface area contributed by atoms with Crippen LogP contribution in [0.15, 0.2) is 127 Å². The molecule has 0 aliphatic carbocycles. The van der Waals surface area contributed by atoms with Crippen molar-refractivity contribution in [2.24, 2.45) is 0 Å². The Morgan fingerprint density at radius 2 is 0.900 bits per heavy atom. The van der Waals surface area contributed by atoms with Crippen LogP contribution in [0.4, 0.5) is 0 Å². The third kappa shape index (κ3) is 3.77. The predicted octanol–water partition coefficient (Wildman–Crippen LogP) is 5.61. The van der Waals surface area contributed by atoms with E-state index in [0.29, 0.717) is 0 Å². The van der Waals surface area contributed by atoms with E-state index in [9.17, 15) is 4.79 Å². The van der Waals surface area contributed by atoms with Crippen LogP contribution in [0.1, 0.15) is 12.5 Å². The molecule has 0 aliphatic heterocycles. The molecule has 0 amide bonds. The van der Waals surface area contributed by atoms with Crippen molar-refractivity contribution < 1.29 is 4.79 Å². The molecule has 30 heavy (non-hydrogen) atoms. The zero-order valence-corrected chi connectivity index (χ0v) is 17.9. The van der Waals surface area contributed by atoms with Crippen molar-refractivity contribution in [3.05, 3.63) is 133 Å². The minimum atomic E-state index is -2.30. The van der Waals surface area contributed by atoms with Gasteiger partial charge in [0.05, 0.1) is 0 Å². The average Bonchev–Trinajstić information content (AvgIpc) is 2.81. The molecule has 0 N–H and O–H groups in total. The molecule has 0 bridgehead atoms. The highest BCUT2D eigenvalue weighted by Gasteiger charge is 2.50. The van der Waals surface area contributed by atoms with Gasteiger partial charge in [-0.2, -0.15) is 0 Å². The summed E-state index contributed by atoms with van der Waals surface area (Å²) in [7, 11) is -2.30. The molecule has 0 saturated heterocycles. The van der Waals surface area contributed by atoms with Crippen molar-refractivity contribution in [3.8, 4) is 0 Å². The van der Waals surface area contributed by atoms with E-state index in [0.717, 1.165) is 10.9 Å². The highest BCUT2D eigenvalue weighted by Crippen LogP contribution is 2.66. The van der Waals surface area contributed by atoms with Gasteiger partial charge in [-0.25, -0.2) is 0 Å². The Balaban J connectivity index is 2.18. The van der Waals surface area contributed by atoms with Crippen LogP contribution in [-0.4, -0.2) is 5.78 Å². The summed E-state index contributed by atoms with van der Waals surface area (Å²) in [6, 6.07) is 42.2. The maximum absolute atomic E-state index is 12.5. The van der Waals surface area contributed by atoms with Gasteiger partial charge < -0.3 is 0 Å². The van der Waals surface area contributed by atoms with Crippen molar-refractivity contribution in [2.75, 3.05) is 0 Å². The number of rotatable bonds is 6. The molecule has 0 unspecified atom stereocenters. The summed E-state index contributed by atoms with van der Waals surface area (Å²) in [5, 5.41) is 4.79. The number of carbonyl (C=O) groups excluding carboxylic acids is 1. The summed E-state index contributed by atoms with van der Waals surface area (Å²) in [5.41, 5.74) is 1.08. The topological polar surface area (TPSA) is 17.1 Å². The fourth-order valence-electron chi connectivity index (χ4n) is 3.99. The van der Waals surface area contributed by atoms with Gasteiger partial charge in [-0.1, -0.05) is 84.9 Å². The molecule has 2 heteroatoms. The Morgan fingerprint density at radius 1 is 0.567 bits per heavy atom. The van der Waals surface area contributed by atoms with Crippen LogP contribution in [0, 0.1) is 0 Å². The van der Waals surface area contributed by atoms with Crippen LogP contribution in [0.5, 0.6) is 0 Å². The quantitative estimate of drug-likeness (QED) is 0.300. The number of benzene rings is 4. The molecule has 0 spiro atoms. The first-order valence-corrected chi connectivity index (χ1v) is 11.9. The van der Waals surface area contributed by atoms with Gasteiger partial charge in [0, 0.05) is 11.6 Å². The second-order valence-corrected chi connectivity index (χ2v) is 10.6. The van der Waals surface area contributed by atoms with E-state index in [1.807, 2.05) is 42.5 Å². The first kappa shape index (κ1) is 20.0. The maximum Gasteiger partial charge on any atom is 0.156 e. The van der Waals surface area contributed by atoms with Gasteiger partial charge in [-0.3, -0.25) is 4.79 Å². The third-order valence-corrected chi connectivity index (χ3v) is 9.53. The van der Waals surface area contributed by atoms with E-state index in [1.54, 1.807) is 6.92 Å². The summed E-state index contributed by atoms with van der Waals surface area (Å²) in [5.74, 6) is 0.0565. The van der Waals surface area contributed by atoms with Crippen LogP contribution >= 0.6 is 7.26 Å². The van der Waals surface area contributed by atoms with Crippen molar-refractivity contribution >= 4 is 34.3 Å². The van der Waals surface area contributed by atoms with Gasteiger partial charge in [0.15, 0.2) is 5.78 Å². The summed E-state index contributed by atoms with van der Waals surface area (Å²) < 4.78 is 0. The molecular formula is C28H24OP+. The molecule has 0 aliphatic rings. The Labute approximate surface area is 179 Å². The Bertz CT molecular complexity index is 1040. The van der Waals surface area contributed by atoms with Crippen LogP contribution < -0.4 is 15.9 Å². The number of hydrogen-bond donors (Lipinski definition) is 0. The van der Waals surface area contributed by atoms with E-state index in [4.69, 9.17) is 0 Å². The monoisotopic (exact) mass is 407 g/mol. The van der Waals surface area contributed by atoms with Gasteiger partial charge in [0.25, 0.3) is 0 Å². The second kappa shape index (κ2) is 9.03. The summed E-state index contributed by atoms with van der Waals surface area (Å²) >= 11 is 0. The van der Waals surface area contributed by atoms with E-state index in [2.05, 4.69) is 84.9 Å². The molecule has 0 aromatic heterocycles. The molecule has 4 rings (SSSR count). The van der Waals surface area contributed by atoms with Gasteiger partial charge in [-0.15, -0.1) is 0 Å². The lowest BCUT2D eigenvalue weighted by Gasteiger charge is -2.29. The first-order chi connectivity index (χ1) is 14.7.